The molecule has 22 heavy (non-hydrogen) atoms. The molecule has 3 rings (SSSR count). The fraction of sp³-hybridized carbons (Fsp3) is 0.235. The number of nitrogens with zero attached hydrogens (tertiary/aromatic N) is 1. The van der Waals surface area contributed by atoms with Crippen molar-refractivity contribution in [3.05, 3.63) is 64.7 Å². The number of benzene rings is 2. The SMILES string of the molecule is O=C(c1cccc(O)c1)N1CCO[C@H](c2cccc(Cl)c2)C1. The zero-order chi connectivity index (χ0) is 15.5. The highest BCUT2D eigenvalue weighted by Gasteiger charge is 2.26. The van der Waals surface area contributed by atoms with Gasteiger partial charge in [0.2, 0.25) is 0 Å². The van der Waals surface area contributed by atoms with Crippen LogP contribution in [0.2, 0.25) is 5.02 Å². The third-order valence-corrected chi connectivity index (χ3v) is 3.90. The van der Waals surface area contributed by atoms with Gasteiger partial charge in [-0.3, -0.25) is 4.79 Å². The number of morpholine rings is 1. The minimum Gasteiger partial charge on any atom is -0.508 e. The summed E-state index contributed by atoms with van der Waals surface area (Å²) < 4.78 is 5.76. The average Bonchev–Trinajstić information content (AvgIpc) is 2.54. The highest BCUT2D eigenvalue weighted by Crippen LogP contribution is 2.25. The maximum absolute atomic E-state index is 12.5. The number of phenols is 1. The predicted molar refractivity (Wildman–Crippen MR) is 84.2 cm³/mol. The molecule has 1 amide bonds. The number of carbonyl (C=O) groups is 1. The Bertz CT molecular complexity index is 689. The standard InChI is InChI=1S/C17H16ClNO3/c18-14-5-1-3-12(9-14)16-11-19(7-8-22-16)17(21)13-4-2-6-15(20)10-13/h1-6,9-10,16,20H,7-8,11H2/t16-/m0/s1. The molecular formula is C17H16ClNO3. The summed E-state index contributed by atoms with van der Waals surface area (Å²) in [6.45, 7) is 1.47. The molecule has 0 spiro atoms. The first-order valence-corrected chi connectivity index (χ1v) is 7.46. The van der Waals surface area contributed by atoms with Crippen molar-refractivity contribution >= 4 is 17.5 Å². The molecule has 1 saturated heterocycles. The highest BCUT2D eigenvalue weighted by atomic mass is 35.5. The maximum Gasteiger partial charge on any atom is 0.254 e. The molecule has 4 nitrogen and oxygen atoms in total. The molecule has 0 bridgehead atoms. The molecule has 1 fully saturated rings. The first kappa shape index (κ1) is 14.9. The van der Waals surface area contributed by atoms with Crippen LogP contribution in [0.5, 0.6) is 5.75 Å². The topological polar surface area (TPSA) is 49.8 Å². The number of phenolic OH excluding ortho intramolecular Hbond substituents is 1. The van der Waals surface area contributed by atoms with Gasteiger partial charge in [-0.15, -0.1) is 0 Å². The van der Waals surface area contributed by atoms with E-state index in [-0.39, 0.29) is 17.8 Å². The van der Waals surface area contributed by atoms with E-state index in [1.54, 1.807) is 23.1 Å². The van der Waals surface area contributed by atoms with Crippen molar-refractivity contribution in [3.8, 4) is 5.75 Å². The van der Waals surface area contributed by atoms with Crippen molar-refractivity contribution in [2.24, 2.45) is 0 Å². The quantitative estimate of drug-likeness (QED) is 0.925. The molecule has 114 valence electrons. The van der Waals surface area contributed by atoms with Crippen molar-refractivity contribution in [3.63, 3.8) is 0 Å². The van der Waals surface area contributed by atoms with Crippen LogP contribution in [0.15, 0.2) is 48.5 Å². The zero-order valence-corrected chi connectivity index (χ0v) is 12.7. The van der Waals surface area contributed by atoms with Crippen molar-refractivity contribution in [2.75, 3.05) is 19.7 Å². The molecule has 0 saturated carbocycles. The molecule has 2 aromatic carbocycles. The van der Waals surface area contributed by atoms with Crippen molar-refractivity contribution in [1.29, 1.82) is 0 Å². The van der Waals surface area contributed by atoms with E-state index >= 15 is 0 Å². The number of amides is 1. The first-order chi connectivity index (χ1) is 10.6. The van der Waals surface area contributed by atoms with Gasteiger partial charge in [0.05, 0.1) is 13.2 Å². The second kappa shape index (κ2) is 6.38. The number of aromatic hydroxyl groups is 1. The van der Waals surface area contributed by atoms with Gasteiger partial charge in [0.15, 0.2) is 0 Å². The molecule has 1 heterocycles. The van der Waals surface area contributed by atoms with Gasteiger partial charge in [0, 0.05) is 17.1 Å². The molecule has 0 aliphatic carbocycles. The number of halogens is 1. The summed E-state index contributed by atoms with van der Waals surface area (Å²) in [5.41, 5.74) is 1.44. The summed E-state index contributed by atoms with van der Waals surface area (Å²) in [6, 6.07) is 13.9. The van der Waals surface area contributed by atoms with Crippen LogP contribution in [0, 0.1) is 0 Å². The summed E-state index contributed by atoms with van der Waals surface area (Å²) >= 11 is 6.01. The first-order valence-electron chi connectivity index (χ1n) is 7.09. The highest BCUT2D eigenvalue weighted by molar-refractivity contribution is 6.30. The zero-order valence-electron chi connectivity index (χ0n) is 11.9. The molecule has 1 atom stereocenters. The van der Waals surface area contributed by atoms with Crippen LogP contribution in [0.1, 0.15) is 22.0 Å². The van der Waals surface area contributed by atoms with E-state index in [1.807, 2.05) is 24.3 Å². The Morgan fingerprint density at radius 1 is 1.23 bits per heavy atom. The summed E-state index contributed by atoms with van der Waals surface area (Å²) in [4.78, 5) is 14.3. The van der Waals surface area contributed by atoms with Gasteiger partial charge in [0.25, 0.3) is 5.91 Å². The van der Waals surface area contributed by atoms with Crippen molar-refractivity contribution in [2.45, 2.75) is 6.10 Å². The molecule has 1 aliphatic rings. The number of hydrogen-bond donors (Lipinski definition) is 1. The normalized spacial score (nSPS) is 18.2. The predicted octanol–water partition coefficient (Wildman–Crippen LogP) is 3.26. The molecule has 0 aromatic heterocycles. The lowest BCUT2D eigenvalue weighted by molar-refractivity contribution is -0.0228. The van der Waals surface area contributed by atoms with E-state index in [0.29, 0.717) is 30.3 Å². The smallest absolute Gasteiger partial charge is 0.254 e. The Morgan fingerprint density at radius 3 is 2.82 bits per heavy atom. The third kappa shape index (κ3) is 3.24. The molecule has 1 N–H and O–H groups in total. The Morgan fingerprint density at radius 2 is 2.05 bits per heavy atom. The minimum absolute atomic E-state index is 0.0884. The van der Waals surface area contributed by atoms with Crippen LogP contribution in [0.4, 0.5) is 0 Å². The minimum atomic E-state index is -0.186. The number of rotatable bonds is 2. The van der Waals surface area contributed by atoms with Crippen molar-refractivity contribution < 1.29 is 14.6 Å². The van der Waals surface area contributed by atoms with Gasteiger partial charge in [-0.2, -0.15) is 0 Å². The molecule has 0 radical (unpaired) electrons. The molecule has 5 heteroatoms. The third-order valence-electron chi connectivity index (χ3n) is 3.67. The molecule has 0 unspecified atom stereocenters. The van der Waals surface area contributed by atoms with Gasteiger partial charge in [-0.25, -0.2) is 0 Å². The lowest BCUT2D eigenvalue weighted by Crippen LogP contribution is -2.42. The lowest BCUT2D eigenvalue weighted by atomic mass is 10.1. The van der Waals surface area contributed by atoms with E-state index in [4.69, 9.17) is 16.3 Å². The maximum atomic E-state index is 12.5. The van der Waals surface area contributed by atoms with E-state index < -0.39 is 0 Å². The number of carbonyl (C=O) groups excluding carboxylic acids is 1. The van der Waals surface area contributed by atoms with E-state index in [0.717, 1.165) is 5.56 Å². The van der Waals surface area contributed by atoms with Crippen molar-refractivity contribution in [1.82, 2.24) is 4.90 Å². The van der Waals surface area contributed by atoms with Crippen LogP contribution in [-0.2, 0) is 4.74 Å². The number of hydrogen-bond acceptors (Lipinski definition) is 3. The molecular weight excluding hydrogens is 302 g/mol. The summed E-state index contributed by atoms with van der Waals surface area (Å²) in [5.74, 6) is -0.0169. The fourth-order valence-corrected chi connectivity index (χ4v) is 2.76. The Balaban J connectivity index is 1.77. The second-order valence-corrected chi connectivity index (χ2v) is 5.65. The van der Waals surface area contributed by atoms with E-state index in [2.05, 4.69) is 0 Å². The fourth-order valence-electron chi connectivity index (χ4n) is 2.56. The summed E-state index contributed by atoms with van der Waals surface area (Å²) in [7, 11) is 0. The Kier molecular flexibility index (Phi) is 4.32. The van der Waals surface area contributed by atoms with Gasteiger partial charge < -0.3 is 14.7 Å². The Labute approximate surface area is 133 Å². The Hall–Kier alpha value is -2.04. The van der Waals surface area contributed by atoms with Crippen LogP contribution in [0.3, 0.4) is 0 Å². The number of ether oxygens (including phenoxy) is 1. The van der Waals surface area contributed by atoms with Gasteiger partial charge in [-0.1, -0.05) is 29.8 Å². The second-order valence-electron chi connectivity index (χ2n) is 5.22. The van der Waals surface area contributed by atoms with Gasteiger partial charge in [0.1, 0.15) is 11.9 Å². The van der Waals surface area contributed by atoms with Crippen LogP contribution in [0.25, 0.3) is 0 Å². The largest absolute Gasteiger partial charge is 0.508 e. The summed E-state index contributed by atoms with van der Waals surface area (Å²) in [6.07, 6.45) is -0.186. The average molecular weight is 318 g/mol. The van der Waals surface area contributed by atoms with Crippen LogP contribution in [-0.4, -0.2) is 35.6 Å². The van der Waals surface area contributed by atoms with Crippen LogP contribution < -0.4 is 0 Å². The lowest BCUT2D eigenvalue weighted by Gasteiger charge is -2.33. The van der Waals surface area contributed by atoms with E-state index in [1.165, 1.54) is 6.07 Å². The monoisotopic (exact) mass is 317 g/mol. The van der Waals surface area contributed by atoms with Gasteiger partial charge >= 0.3 is 0 Å². The van der Waals surface area contributed by atoms with Gasteiger partial charge in [-0.05, 0) is 35.9 Å². The van der Waals surface area contributed by atoms with E-state index in [9.17, 15) is 9.90 Å². The molecule has 2 aromatic rings. The van der Waals surface area contributed by atoms with Crippen LogP contribution >= 0.6 is 11.6 Å². The summed E-state index contributed by atoms with van der Waals surface area (Å²) in [5, 5.41) is 10.2. The molecule has 1 aliphatic heterocycles.